The van der Waals surface area contributed by atoms with Crippen LogP contribution in [0, 0.1) is 11.7 Å². The van der Waals surface area contributed by atoms with Crippen LogP contribution < -0.4 is 0 Å². The zero-order chi connectivity index (χ0) is 21.2. The number of carbonyl (C=O) groups is 1. The number of benzene rings is 2. The Hall–Kier alpha value is -1.18. The second-order valence-corrected chi connectivity index (χ2v) is 10.2. The normalized spacial score (nSPS) is 16.1. The Bertz CT molecular complexity index is 1000. The number of halogens is 4. The fraction of sp³-hybridized carbons (Fsp3) is 0.350. The zero-order valence-corrected chi connectivity index (χ0v) is 18.5. The van der Waals surface area contributed by atoms with Gasteiger partial charge in [-0.3, -0.25) is 4.79 Å². The molecule has 0 amide bonds. The van der Waals surface area contributed by atoms with E-state index in [-0.39, 0.29) is 46.2 Å². The minimum atomic E-state index is -3.73. The summed E-state index contributed by atoms with van der Waals surface area (Å²) in [7, 11) is -3.73. The van der Waals surface area contributed by atoms with Gasteiger partial charge in [-0.25, -0.2) is 12.8 Å². The Balaban J connectivity index is 1.58. The lowest BCUT2D eigenvalue weighted by atomic mass is 9.90. The van der Waals surface area contributed by atoms with Crippen LogP contribution in [0.2, 0.25) is 15.1 Å². The molecule has 0 aliphatic carbocycles. The van der Waals surface area contributed by atoms with E-state index in [1.807, 2.05) is 0 Å². The lowest BCUT2D eigenvalue weighted by molar-refractivity contribution is -0.123. The molecule has 4 nitrogen and oxygen atoms in total. The number of hydrogen-bond acceptors (Lipinski definition) is 3. The summed E-state index contributed by atoms with van der Waals surface area (Å²) in [5, 5.41) is 0.804. The van der Waals surface area contributed by atoms with Gasteiger partial charge in [-0.1, -0.05) is 40.9 Å². The number of rotatable bonds is 6. The van der Waals surface area contributed by atoms with E-state index < -0.39 is 15.8 Å². The summed E-state index contributed by atoms with van der Waals surface area (Å²) >= 11 is 17.6. The third-order valence-electron chi connectivity index (χ3n) is 5.04. The van der Waals surface area contributed by atoms with Crippen LogP contribution in [0.1, 0.15) is 24.8 Å². The van der Waals surface area contributed by atoms with Crippen LogP contribution in [0.15, 0.2) is 41.3 Å². The van der Waals surface area contributed by atoms with E-state index in [9.17, 15) is 17.6 Å². The van der Waals surface area contributed by atoms with Crippen LogP contribution in [-0.4, -0.2) is 31.6 Å². The van der Waals surface area contributed by atoms with Crippen molar-refractivity contribution in [2.75, 3.05) is 13.1 Å². The van der Waals surface area contributed by atoms with Gasteiger partial charge < -0.3 is 0 Å². The lowest BCUT2D eigenvalue weighted by Crippen LogP contribution is -2.40. The van der Waals surface area contributed by atoms with E-state index in [4.69, 9.17) is 34.8 Å². The maximum Gasteiger partial charge on any atom is 0.243 e. The third-order valence-corrected chi connectivity index (χ3v) is 7.59. The molecule has 0 bridgehead atoms. The van der Waals surface area contributed by atoms with Crippen LogP contribution in [0.25, 0.3) is 0 Å². The van der Waals surface area contributed by atoms with Crippen LogP contribution in [0.5, 0.6) is 0 Å². The molecule has 1 aliphatic heterocycles. The largest absolute Gasteiger partial charge is 0.299 e. The first-order chi connectivity index (χ1) is 13.7. The van der Waals surface area contributed by atoms with Crippen molar-refractivity contribution in [3.8, 4) is 0 Å². The molecule has 1 saturated heterocycles. The van der Waals surface area contributed by atoms with Crippen LogP contribution >= 0.6 is 34.8 Å². The van der Waals surface area contributed by atoms with Crippen LogP contribution in [-0.2, 0) is 21.2 Å². The number of aryl methyl sites for hydroxylation is 1. The van der Waals surface area contributed by atoms with Crippen molar-refractivity contribution in [2.45, 2.75) is 30.6 Å². The van der Waals surface area contributed by atoms with Gasteiger partial charge in [0.2, 0.25) is 10.0 Å². The number of sulfonamides is 1. The number of carbonyl (C=O) groups excluding carboxylic acids is 1. The second-order valence-electron chi connectivity index (χ2n) is 6.99. The second kappa shape index (κ2) is 9.31. The molecule has 1 fully saturated rings. The van der Waals surface area contributed by atoms with Crippen molar-refractivity contribution in [3.63, 3.8) is 0 Å². The Labute approximate surface area is 184 Å². The minimum Gasteiger partial charge on any atom is -0.299 e. The summed E-state index contributed by atoms with van der Waals surface area (Å²) in [6.07, 6.45) is 1.35. The van der Waals surface area contributed by atoms with Gasteiger partial charge >= 0.3 is 0 Å². The molecular formula is C20H19Cl3FNO3S. The number of Topliss-reactive ketones (excluding diaryl/α,β-unsaturated/α-hetero) is 1. The minimum absolute atomic E-state index is 0.0159. The summed E-state index contributed by atoms with van der Waals surface area (Å²) in [5.74, 6) is -0.645. The third kappa shape index (κ3) is 5.50. The molecule has 1 aliphatic rings. The first kappa shape index (κ1) is 22.5. The van der Waals surface area contributed by atoms with E-state index in [0.29, 0.717) is 29.8 Å². The smallest absolute Gasteiger partial charge is 0.243 e. The van der Waals surface area contributed by atoms with Gasteiger partial charge in [0.05, 0.1) is 4.90 Å². The summed E-state index contributed by atoms with van der Waals surface area (Å²) < 4.78 is 40.8. The molecule has 0 unspecified atom stereocenters. The SMILES string of the molecule is O=C(CCc1ccc(Cl)cc1F)C1CCN(S(=O)(=O)c2cc(Cl)cc(Cl)c2)CC1. The van der Waals surface area contributed by atoms with Crippen LogP contribution in [0.3, 0.4) is 0 Å². The van der Waals surface area contributed by atoms with Crippen LogP contribution in [0.4, 0.5) is 4.39 Å². The van der Waals surface area contributed by atoms with E-state index in [1.165, 1.54) is 28.6 Å². The van der Waals surface area contributed by atoms with Gasteiger partial charge in [-0.2, -0.15) is 4.31 Å². The Morgan fingerprint density at radius 3 is 2.21 bits per heavy atom. The molecule has 1 heterocycles. The standard InChI is InChI=1S/C20H19Cl3FNO3S/c21-15-3-1-13(19(24)12-15)2-4-20(26)14-5-7-25(8-6-14)29(27,28)18-10-16(22)9-17(23)11-18/h1,3,9-12,14H,2,4-8H2. The van der Waals surface area contributed by atoms with Gasteiger partial charge in [0.1, 0.15) is 11.6 Å². The van der Waals surface area contributed by atoms with Crippen molar-refractivity contribution in [3.05, 3.63) is 62.8 Å². The Kier molecular flexibility index (Phi) is 7.23. The average Bonchev–Trinajstić information content (AvgIpc) is 2.66. The lowest BCUT2D eigenvalue weighted by Gasteiger charge is -2.30. The van der Waals surface area contributed by atoms with Crippen molar-refractivity contribution in [1.29, 1.82) is 0 Å². The predicted octanol–water partition coefficient (Wildman–Crippen LogP) is 5.39. The molecule has 0 radical (unpaired) electrons. The molecule has 2 aromatic rings. The number of piperidine rings is 1. The van der Waals surface area contributed by atoms with Gasteiger partial charge in [0.25, 0.3) is 0 Å². The summed E-state index contributed by atoms with van der Waals surface area (Å²) in [6.45, 7) is 0.469. The fourth-order valence-electron chi connectivity index (χ4n) is 3.43. The quantitative estimate of drug-likeness (QED) is 0.559. The van der Waals surface area contributed by atoms with Crippen molar-refractivity contribution in [2.24, 2.45) is 5.92 Å². The average molecular weight is 479 g/mol. The Morgan fingerprint density at radius 2 is 1.62 bits per heavy atom. The molecule has 29 heavy (non-hydrogen) atoms. The monoisotopic (exact) mass is 477 g/mol. The van der Waals surface area contributed by atoms with Gasteiger partial charge in [-0.05, 0) is 55.2 Å². The van der Waals surface area contributed by atoms with E-state index >= 15 is 0 Å². The fourth-order valence-corrected chi connectivity index (χ4v) is 5.79. The highest BCUT2D eigenvalue weighted by molar-refractivity contribution is 7.89. The molecule has 2 aromatic carbocycles. The highest BCUT2D eigenvalue weighted by atomic mass is 35.5. The first-order valence-corrected chi connectivity index (χ1v) is 11.7. The van der Waals surface area contributed by atoms with Gasteiger partial charge in [0.15, 0.2) is 0 Å². The van der Waals surface area contributed by atoms with E-state index in [2.05, 4.69) is 0 Å². The molecule has 9 heteroatoms. The topological polar surface area (TPSA) is 54.5 Å². The molecule has 0 N–H and O–H groups in total. The highest BCUT2D eigenvalue weighted by Gasteiger charge is 2.32. The zero-order valence-electron chi connectivity index (χ0n) is 15.4. The molecule has 0 atom stereocenters. The predicted molar refractivity (Wildman–Crippen MR) is 113 cm³/mol. The highest BCUT2D eigenvalue weighted by Crippen LogP contribution is 2.29. The van der Waals surface area contributed by atoms with Crippen molar-refractivity contribution < 1.29 is 17.6 Å². The number of nitrogens with zero attached hydrogens (tertiary/aromatic N) is 1. The molecule has 0 aromatic heterocycles. The summed E-state index contributed by atoms with van der Waals surface area (Å²) in [6, 6.07) is 8.59. The molecule has 3 rings (SSSR count). The van der Waals surface area contributed by atoms with E-state index in [1.54, 1.807) is 12.1 Å². The van der Waals surface area contributed by atoms with E-state index in [0.717, 1.165) is 0 Å². The summed E-state index contributed by atoms with van der Waals surface area (Å²) in [5.41, 5.74) is 0.445. The molecule has 156 valence electrons. The Morgan fingerprint density at radius 1 is 1.00 bits per heavy atom. The van der Waals surface area contributed by atoms with Gasteiger partial charge in [0, 0.05) is 40.5 Å². The summed E-state index contributed by atoms with van der Waals surface area (Å²) in [4.78, 5) is 12.6. The maximum atomic E-state index is 13.9. The first-order valence-electron chi connectivity index (χ1n) is 9.09. The van der Waals surface area contributed by atoms with Crippen molar-refractivity contribution >= 4 is 50.6 Å². The number of ketones is 1. The van der Waals surface area contributed by atoms with Crippen molar-refractivity contribution in [1.82, 2.24) is 4.31 Å². The number of hydrogen-bond donors (Lipinski definition) is 0. The molecular weight excluding hydrogens is 460 g/mol. The maximum absolute atomic E-state index is 13.9. The molecule has 0 spiro atoms. The molecule has 0 saturated carbocycles. The van der Waals surface area contributed by atoms with Gasteiger partial charge in [-0.15, -0.1) is 0 Å².